The summed E-state index contributed by atoms with van der Waals surface area (Å²) < 4.78 is 33.1. The van der Waals surface area contributed by atoms with E-state index in [9.17, 15) is 8.42 Å². The molecule has 0 amide bonds. The van der Waals surface area contributed by atoms with E-state index >= 15 is 0 Å². The molecule has 1 aliphatic heterocycles. The standard InChI is InChI=1S/C15H22N2O3S/c1-11-3-2-4-14(16)15(11)21(18,19)17(13-5-6-13)9-12-7-8-20-10-12/h2-4,12-13H,5-10,16H2,1H3. The first kappa shape index (κ1) is 14.8. The highest BCUT2D eigenvalue weighted by atomic mass is 32.2. The molecular formula is C15H22N2O3S. The monoisotopic (exact) mass is 310 g/mol. The average Bonchev–Trinajstić information content (AvgIpc) is 3.11. The molecule has 1 aromatic rings. The first-order valence-electron chi connectivity index (χ1n) is 7.45. The summed E-state index contributed by atoms with van der Waals surface area (Å²) in [6.45, 7) is 3.73. The van der Waals surface area contributed by atoms with Gasteiger partial charge in [0.2, 0.25) is 10.0 Å². The second-order valence-corrected chi connectivity index (χ2v) is 7.86. The SMILES string of the molecule is Cc1cccc(N)c1S(=O)(=O)N(CC1CCOC1)C1CC1. The molecule has 1 aromatic carbocycles. The van der Waals surface area contributed by atoms with E-state index in [1.54, 1.807) is 29.4 Å². The summed E-state index contributed by atoms with van der Waals surface area (Å²) in [6, 6.07) is 5.38. The molecule has 0 spiro atoms. The highest BCUT2D eigenvalue weighted by Gasteiger charge is 2.40. The summed E-state index contributed by atoms with van der Waals surface area (Å²) in [5, 5.41) is 0. The predicted molar refractivity (Wildman–Crippen MR) is 81.4 cm³/mol. The smallest absolute Gasteiger partial charge is 0.245 e. The maximum atomic E-state index is 13.0. The van der Waals surface area contributed by atoms with Crippen molar-refractivity contribution in [1.29, 1.82) is 0 Å². The van der Waals surface area contributed by atoms with Crippen LogP contribution in [0.2, 0.25) is 0 Å². The number of rotatable bonds is 5. The van der Waals surface area contributed by atoms with E-state index in [0.29, 0.717) is 30.3 Å². The van der Waals surface area contributed by atoms with Gasteiger partial charge in [0.25, 0.3) is 0 Å². The zero-order chi connectivity index (χ0) is 15.0. The van der Waals surface area contributed by atoms with E-state index < -0.39 is 10.0 Å². The lowest BCUT2D eigenvalue weighted by atomic mass is 10.1. The molecule has 2 N–H and O–H groups in total. The first-order chi connectivity index (χ1) is 10.00. The summed E-state index contributed by atoms with van der Waals surface area (Å²) in [7, 11) is -3.53. The van der Waals surface area contributed by atoms with Crippen molar-refractivity contribution < 1.29 is 13.2 Å². The van der Waals surface area contributed by atoms with Crippen LogP contribution in [0, 0.1) is 12.8 Å². The van der Waals surface area contributed by atoms with Crippen LogP contribution in [0.4, 0.5) is 5.69 Å². The fraction of sp³-hybridized carbons (Fsp3) is 0.600. The number of hydrogen-bond donors (Lipinski definition) is 1. The number of hydrogen-bond acceptors (Lipinski definition) is 4. The van der Waals surface area contributed by atoms with Crippen LogP contribution in [0.1, 0.15) is 24.8 Å². The van der Waals surface area contributed by atoms with Gasteiger partial charge >= 0.3 is 0 Å². The van der Waals surface area contributed by atoms with Crippen molar-refractivity contribution in [1.82, 2.24) is 4.31 Å². The molecule has 3 rings (SSSR count). The Kier molecular flexibility index (Phi) is 3.94. The van der Waals surface area contributed by atoms with E-state index in [1.807, 2.05) is 0 Å². The van der Waals surface area contributed by atoms with Gasteiger partial charge < -0.3 is 10.5 Å². The van der Waals surface area contributed by atoms with Gasteiger partial charge in [0.15, 0.2) is 0 Å². The van der Waals surface area contributed by atoms with Crippen LogP contribution in [0.5, 0.6) is 0 Å². The van der Waals surface area contributed by atoms with Crippen molar-refractivity contribution >= 4 is 15.7 Å². The van der Waals surface area contributed by atoms with Gasteiger partial charge in [0.05, 0.1) is 12.3 Å². The number of nitrogen functional groups attached to an aromatic ring is 1. The number of aryl methyl sites for hydroxylation is 1. The van der Waals surface area contributed by atoms with Crippen molar-refractivity contribution in [2.75, 3.05) is 25.5 Å². The number of nitrogens with zero attached hydrogens (tertiary/aromatic N) is 1. The predicted octanol–water partition coefficient (Wildman–Crippen LogP) is 1.77. The molecule has 6 heteroatoms. The molecule has 0 radical (unpaired) electrons. The van der Waals surface area contributed by atoms with Gasteiger partial charge in [0.1, 0.15) is 4.90 Å². The molecule has 1 saturated carbocycles. The lowest BCUT2D eigenvalue weighted by Gasteiger charge is -2.26. The molecule has 2 fully saturated rings. The minimum absolute atomic E-state index is 0.134. The average molecular weight is 310 g/mol. The zero-order valence-electron chi connectivity index (χ0n) is 12.3. The summed E-state index contributed by atoms with van der Waals surface area (Å²) in [4.78, 5) is 0.274. The minimum Gasteiger partial charge on any atom is -0.398 e. The van der Waals surface area contributed by atoms with Gasteiger partial charge in [-0.25, -0.2) is 8.42 Å². The molecule has 1 aliphatic carbocycles. The minimum atomic E-state index is -3.53. The fourth-order valence-electron chi connectivity index (χ4n) is 2.93. The third-order valence-electron chi connectivity index (χ3n) is 4.23. The third-order valence-corrected chi connectivity index (χ3v) is 6.36. The highest BCUT2D eigenvalue weighted by Crippen LogP contribution is 2.36. The van der Waals surface area contributed by atoms with Gasteiger partial charge in [-0.3, -0.25) is 0 Å². The van der Waals surface area contributed by atoms with Gasteiger partial charge in [-0.2, -0.15) is 4.31 Å². The summed E-state index contributed by atoms with van der Waals surface area (Å²) in [5.41, 5.74) is 6.99. The van der Waals surface area contributed by atoms with Crippen molar-refractivity contribution in [3.05, 3.63) is 23.8 Å². The Balaban J connectivity index is 1.93. The van der Waals surface area contributed by atoms with Gasteiger partial charge in [-0.1, -0.05) is 12.1 Å². The fourth-order valence-corrected chi connectivity index (χ4v) is 5.02. The molecule has 0 bridgehead atoms. The maximum absolute atomic E-state index is 13.0. The van der Waals surface area contributed by atoms with E-state index in [2.05, 4.69) is 0 Å². The van der Waals surface area contributed by atoms with Crippen molar-refractivity contribution in [3.63, 3.8) is 0 Å². The molecule has 1 atom stereocenters. The number of sulfonamides is 1. The molecule has 2 aliphatic rings. The Labute approximate surface area is 126 Å². The Morgan fingerprint density at radius 3 is 2.67 bits per heavy atom. The van der Waals surface area contributed by atoms with Crippen LogP contribution in [-0.4, -0.2) is 38.5 Å². The second-order valence-electron chi connectivity index (χ2n) is 6.03. The molecule has 5 nitrogen and oxygen atoms in total. The van der Waals surface area contributed by atoms with Crippen LogP contribution < -0.4 is 5.73 Å². The van der Waals surface area contributed by atoms with Crippen LogP contribution in [0.15, 0.2) is 23.1 Å². The molecule has 1 saturated heterocycles. The summed E-state index contributed by atoms with van der Waals surface area (Å²) in [5.74, 6) is 0.297. The van der Waals surface area contributed by atoms with Crippen molar-refractivity contribution in [2.45, 2.75) is 37.1 Å². The largest absolute Gasteiger partial charge is 0.398 e. The van der Waals surface area contributed by atoms with E-state index in [4.69, 9.17) is 10.5 Å². The molecule has 1 heterocycles. The summed E-state index contributed by atoms with van der Waals surface area (Å²) >= 11 is 0. The number of benzene rings is 1. The molecule has 116 valence electrons. The summed E-state index contributed by atoms with van der Waals surface area (Å²) in [6.07, 6.45) is 2.82. The van der Waals surface area contributed by atoms with Gasteiger partial charge in [-0.15, -0.1) is 0 Å². The molecule has 1 unspecified atom stereocenters. The molecule has 0 aromatic heterocycles. The molecular weight excluding hydrogens is 288 g/mol. The topological polar surface area (TPSA) is 72.6 Å². The maximum Gasteiger partial charge on any atom is 0.245 e. The van der Waals surface area contributed by atoms with Crippen LogP contribution in [0.3, 0.4) is 0 Å². The van der Waals surface area contributed by atoms with Crippen LogP contribution >= 0.6 is 0 Å². The number of ether oxygens (including phenoxy) is 1. The van der Waals surface area contributed by atoms with Gasteiger partial charge in [-0.05, 0) is 43.7 Å². The van der Waals surface area contributed by atoms with Crippen molar-refractivity contribution in [3.8, 4) is 0 Å². The Morgan fingerprint density at radius 1 is 1.33 bits per heavy atom. The van der Waals surface area contributed by atoms with E-state index in [-0.39, 0.29) is 10.9 Å². The normalized spacial score (nSPS) is 22.9. The quantitative estimate of drug-likeness (QED) is 0.841. The van der Waals surface area contributed by atoms with Crippen molar-refractivity contribution in [2.24, 2.45) is 5.92 Å². The first-order valence-corrected chi connectivity index (χ1v) is 8.89. The highest BCUT2D eigenvalue weighted by molar-refractivity contribution is 7.89. The lowest BCUT2D eigenvalue weighted by Crippen LogP contribution is -2.38. The Hall–Kier alpha value is -1.11. The number of nitrogens with two attached hydrogens (primary N) is 1. The third kappa shape index (κ3) is 2.93. The van der Waals surface area contributed by atoms with Crippen LogP contribution in [0.25, 0.3) is 0 Å². The van der Waals surface area contributed by atoms with Crippen LogP contribution in [-0.2, 0) is 14.8 Å². The zero-order valence-corrected chi connectivity index (χ0v) is 13.1. The Morgan fingerprint density at radius 2 is 2.10 bits per heavy atom. The van der Waals surface area contributed by atoms with E-state index in [1.165, 1.54) is 0 Å². The second kappa shape index (κ2) is 5.59. The number of anilines is 1. The molecule has 21 heavy (non-hydrogen) atoms. The lowest BCUT2D eigenvalue weighted by molar-refractivity contribution is 0.180. The van der Waals surface area contributed by atoms with Gasteiger partial charge in [0, 0.05) is 19.2 Å². The van der Waals surface area contributed by atoms with E-state index in [0.717, 1.165) is 25.9 Å². The Bertz CT molecular complexity index is 600.